The van der Waals surface area contributed by atoms with Gasteiger partial charge in [-0.15, -0.1) is 0 Å². The first-order valence-electron chi connectivity index (χ1n) is 2.58. The van der Waals surface area contributed by atoms with E-state index in [1.807, 2.05) is 6.79 Å². The molecule has 1 aromatic heterocycles. The predicted octanol–water partition coefficient (Wildman–Crippen LogP) is 0.709. The summed E-state index contributed by atoms with van der Waals surface area (Å²) >= 11 is 0. The van der Waals surface area contributed by atoms with Crippen molar-refractivity contribution in [1.82, 2.24) is 4.98 Å². The van der Waals surface area contributed by atoms with Gasteiger partial charge in [0, 0.05) is 6.20 Å². The Kier molecular flexibility index (Phi) is 4.77. The van der Waals surface area contributed by atoms with Crippen molar-refractivity contribution < 1.29 is 9.59 Å². The van der Waals surface area contributed by atoms with Crippen LogP contribution in [0.15, 0.2) is 24.4 Å². The molecule has 0 aliphatic heterocycles. The van der Waals surface area contributed by atoms with Gasteiger partial charge in [-0.3, -0.25) is 9.78 Å². The zero-order valence-electron chi connectivity index (χ0n) is 5.36. The molecule has 0 aromatic carbocycles. The van der Waals surface area contributed by atoms with Crippen LogP contribution >= 0.6 is 0 Å². The molecule has 3 heteroatoms. The number of carbonyl (C=O) groups excluding carboxylic acids is 2. The Morgan fingerprint density at radius 2 is 2.10 bits per heavy atom. The zero-order valence-corrected chi connectivity index (χ0v) is 5.36. The monoisotopic (exact) mass is 137 g/mol. The van der Waals surface area contributed by atoms with Crippen LogP contribution in [0.4, 0.5) is 0 Å². The lowest BCUT2D eigenvalue weighted by Crippen LogP contribution is -1.80. The minimum atomic E-state index is 0.479. The van der Waals surface area contributed by atoms with Gasteiger partial charge in [0.15, 0.2) is 6.29 Å². The second-order valence-electron chi connectivity index (χ2n) is 1.37. The first-order valence-corrected chi connectivity index (χ1v) is 2.58. The van der Waals surface area contributed by atoms with E-state index in [9.17, 15) is 4.79 Å². The first-order chi connectivity index (χ1) is 4.93. The Hall–Kier alpha value is -1.51. The topological polar surface area (TPSA) is 47.0 Å². The number of aromatic nitrogens is 1. The molecule has 0 atom stereocenters. The van der Waals surface area contributed by atoms with Crippen molar-refractivity contribution in [3.63, 3.8) is 0 Å². The summed E-state index contributed by atoms with van der Waals surface area (Å²) in [7, 11) is 0. The second kappa shape index (κ2) is 5.62. The molecular formula is C7H7NO2. The van der Waals surface area contributed by atoms with Gasteiger partial charge < -0.3 is 4.79 Å². The number of hydrogen-bond donors (Lipinski definition) is 0. The molecule has 0 bridgehead atoms. The number of rotatable bonds is 1. The lowest BCUT2D eigenvalue weighted by atomic mass is 10.4. The average molecular weight is 137 g/mol. The van der Waals surface area contributed by atoms with Gasteiger partial charge in [-0.05, 0) is 12.1 Å². The molecule has 0 amide bonds. The minimum absolute atomic E-state index is 0.479. The molecule has 0 saturated carbocycles. The number of aldehydes is 1. The lowest BCUT2D eigenvalue weighted by Gasteiger charge is -1.81. The Balaban J connectivity index is 0.000000371. The van der Waals surface area contributed by atoms with Crippen molar-refractivity contribution in [2.75, 3.05) is 0 Å². The Morgan fingerprint density at radius 1 is 1.40 bits per heavy atom. The largest absolute Gasteiger partial charge is 0.307 e. The van der Waals surface area contributed by atoms with Crippen LogP contribution in [0.3, 0.4) is 0 Å². The zero-order chi connectivity index (χ0) is 7.82. The highest BCUT2D eigenvalue weighted by Gasteiger charge is 1.81. The van der Waals surface area contributed by atoms with Crippen LogP contribution in [-0.4, -0.2) is 18.1 Å². The van der Waals surface area contributed by atoms with Gasteiger partial charge in [-0.1, -0.05) is 6.07 Å². The first kappa shape index (κ1) is 8.49. The highest BCUT2D eigenvalue weighted by molar-refractivity contribution is 5.71. The summed E-state index contributed by atoms with van der Waals surface area (Å²) in [5.41, 5.74) is 0.479. The van der Waals surface area contributed by atoms with E-state index in [0.29, 0.717) is 5.69 Å². The summed E-state index contributed by atoms with van der Waals surface area (Å²) in [5.74, 6) is 0. The van der Waals surface area contributed by atoms with E-state index in [0.717, 1.165) is 6.29 Å². The van der Waals surface area contributed by atoms with Crippen molar-refractivity contribution in [2.45, 2.75) is 0 Å². The minimum Gasteiger partial charge on any atom is -0.307 e. The molecule has 0 radical (unpaired) electrons. The van der Waals surface area contributed by atoms with Gasteiger partial charge in [-0.25, -0.2) is 0 Å². The molecule has 0 fully saturated rings. The van der Waals surface area contributed by atoms with Crippen molar-refractivity contribution in [2.24, 2.45) is 0 Å². The van der Waals surface area contributed by atoms with Crippen LogP contribution in [0.2, 0.25) is 0 Å². The van der Waals surface area contributed by atoms with Gasteiger partial charge in [0.2, 0.25) is 0 Å². The summed E-state index contributed by atoms with van der Waals surface area (Å²) in [6.45, 7) is 2.00. The van der Waals surface area contributed by atoms with Crippen molar-refractivity contribution >= 4 is 13.1 Å². The summed E-state index contributed by atoms with van der Waals surface area (Å²) < 4.78 is 0. The molecule has 0 spiro atoms. The van der Waals surface area contributed by atoms with Gasteiger partial charge in [0.05, 0.1) is 0 Å². The Labute approximate surface area is 58.7 Å². The molecule has 1 rings (SSSR count). The molecule has 1 heterocycles. The highest BCUT2D eigenvalue weighted by atomic mass is 16.1. The maximum atomic E-state index is 9.94. The maximum Gasteiger partial charge on any atom is 0.168 e. The molecular weight excluding hydrogens is 130 g/mol. The van der Waals surface area contributed by atoms with E-state index >= 15 is 0 Å². The summed E-state index contributed by atoms with van der Waals surface area (Å²) in [6.07, 6.45) is 2.31. The van der Waals surface area contributed by atoms with Crippen LogP contribution in [0.5, 0.6) is 0 Å². The average Bonchev–Trinajstić information content (AvgIpc) is 2.10. The summed E-state index contributed by atoms with van der Waals surface area (Å²) in [6, 6.07) is 5.21. The number of nitrogens with zero attached hydrogens (tertiary/aromatic N) is 1. The van der Waals surface area contributed by atoms with Gasteiger partial charge in [-0.2, -0.15) is 0 Å². The van der Waals surface area contributed by atoms with Crippen molar-refractivity contribution in [1.29, 1.82) is 0 Å². The molecule has 3 nitrogen and oxygen atoms in total. The molecule has 0 aliphatic carbocycles. The van der Waals surface area contributed by atoms with E-state index in [4.69, 9.17) is 4.79 Å². The lowest BCUT2D eigenvalue weighted by molar-refractivity contribution is -0.0979. The highest BCUT2D eigenvalue weighted by Crippen LogP contribution is 1.85. The molecule has 0 N–H and O–H groups in total. The van der Waals surface area contributed by atoms with E-state index in [1.54, 1.807) is 24.4 Å². The van der Waals surface area contributed by atoms with Crippen LogP contribution in [-0.2, 0) is 4.79 Å². The molecule has 52 valence electrons. The van der Waals surface area contributed by atoms with E-state index < -0.39 is 0 Å². The van der Waals surface area contributed by atoms with Crippen molar-refractivity contribution in [3.8, 4) is 0 Å². The molecule has 0 unspecified atom stereocenters. The fraction of sp³-hybridized carbons (Fsp3) is 0. The van der Waals surface area contributed by atoms with Crippen LogP contribution < -0.4 is 0 Å². The number of hydrogen-bond acceptors (Lipinski definition) is 3. The molecule has 10 heavy (non-hydrogen) atoms. The third-order valence-corrected chi connectivity index (χ3v) is 0.809. The van der Waals surface area contributed by atoms with Gasteiger partial charge in [0.1, 0.15) is 12.5 Å². The third-order valence-electron chi connectivity index (χ3n) is 0.809. The maximum absolute atomic E-state index is 9.94. The quantitative estimate of drug-likeness (QED) is 0.535. The second-order valence-corrected chi connectivity index (χ2v) is 1.37. The predicted molar refractivity (Wildman–Crippen MR) is 36.7 cm³/mol. The Bertz CT molecular complexity index is 186. The number of pyridine rings is 1. The molecule has 1 aromatic rings. The normalized spacial score (nSPS) is 7.20. The third kappa shape index (κ3) is 2.71. The number of carbonyl (C=O) groups is 2. The van der Waals surface area contributed by atoms with Crippen LogP contribution in [0.25, 0.3) is 0 Å². The van der Waals surface area contributed by atoms with Gasteiger partial charge in [0.25, 0.3) is 0 Å². The standard InChI is InChI=1S/C6H5NO.CH2O/c8-5-6-3-1-2-4-7-6;1-2/h1-5H;1H2. The van der Waals surface area contributed by atoms with Crippen molar-refractivity contribution in [3.05, 3.63) is 30.1 Å². The smallest absolute Gasteiger partial charge is 0.168 e. The fourth-order valence-electron chi connectivity index (χ4n) is 0.446. The summed E-state index contributed by atoms with van der Waals surface area (Å²) in [5, 5.41) is 0. The molecule has 0 aliphatic rings. The fourth-order valence-corrected chi connectivity index (χ4v) is 0.446. The van der Waals surface area contributed by atoms with Crippen LogP contribution in [0.1, 0.15) is 10.5 Å². The van der Waals surface area contributed by atoms with E-state index in [1.165, 1.54) is 0 Å². The SMILES string of the molecule is C=O.O=Cc1ccccn1. The molecule has 0 saturated heterocycles. The Morgan fingerprint density at radius 3 is 2.40 bits per heavy atom. The summed E-state index contributed by atoms with van der Waals surface area (Å²) in [4.78, 5) is 21.7. The van der Waals surface area contributed by atoms with E-state index in [2.05, 4.69) is 4.98 Å². The van der Waals surface area contributed by atoms with Gasteiger partial charge >= 0.3 is 0 Å². The van der Waals surface area contributed by atoms with Crippen LogP contribution in [0, 0.1) is 0 Å². The van der Waals surface area contributed by atoms with E-state index in [-0.39, 0.29) is 0 Å².